The van der Waals surface area contributed by atoms with Crippen molar-refractivity contribution in [2.45, 2.75) is 40.0 Å². The molecule has 2 N–H and O–H groups in total. The van der Waals surface area contributed by atoms with Gasteiger partial charge in [-0.05, 0) is 49.3 Å². The van der Waals surface area contributed by atoms with Crippen molar-refractivity contribution in [3.05, 3.63) is 29.8 Å². The van der Waals surface area contributed by atoms with Gasteiger partial charge in [-0.15, -0.1) is 0 Å². The van der Waals surface area contributed by atoms with E-state index < -0.39 is 0 Å². The molecule has 0 aliphatic carbocycles. The van der Waals surface area contributed by atoms with Crippen LogP contribution >= 0.6 is 12.2 Å². The van der Waals surface area contributed by atoms with Crippen LogP contribution in [0.25, 0.3) is 0 Å². The molecule has 0 spiro atoms. The first-order valence-corrected chi connectivity index (χ1v) is 8.42. The third-order valence-corrected chi connectivity index (χ3v) is 3.44. The summed E-state index contributed by atoms with van der Waals surface area (Å²) in [6, 6.07) is 7.11. The Balaban J connectivity index is 2.69. The molecule has 6 heteroatoms. The van der Waals surface area contributed by atoms with E-state index in [0.717, 1.165) is 31.6 Å². The number of benzene rings is 1. The predicted molar refractivity (Wildman–Crippen MR) is 97.6 cm³/mol. The van der Waals surface area contributed by atoms with Gasteiger partial charge in [-0.3, -0.25) is 9.59 Å². The Morgan fingerprint density at radius 3 is 2.09 bits per heavy atom. The largest absolute Gasteiger partial charge is 0.339 e. The van der Waals surface area contributed by atoms with Crippen LogP contribution < -0.4 is 10.6 Å². The lowest BCUT2D eigenvalue weighted by molar-refractivity contribution is -0.119. The van der Waals surface area contributed by atoms with E-state index >= 15 is 0 Å². The van der Waals surface area contributed by atoms with Crippen molar-refractivity contribution in [1.82, 2.24) is 10.2 Å². The maximum absolute atomic E-state index is 12.5. The van der Waals surface area contributed by atoms with Gasteiger partial charge in [0.15, 0.2) is 5.11 Å². The monoisotopic (exact) mass is 335 g/mol. The highest BCUT2D eigenvalue weighted by molar-refractivity contribution is 7.80. The molecule has 0 saturated heterocycles. The Labute approximate surface area is 143 Å². The molecule has 5 nitrogen and oxygen atoms in total. The second-order valence-corrected chi connectivity index (χ2v) is 5.63. The van der Waals surface area contributed by atoms with E-state index in [1.807, 2.05) is 4.90 Å². The number of carbonyl (C=O) groups excluding carboxylic acids is 2. The number of rotatable bonds is 7. The quantitative estimate of drug-likeness (QED) is 0.751. The fraction of sp³-hybridized carbons (Fsp3) is 0.471. The minimum Gasteiger partial charge on any atom is -0.339 e. The summed E-state index contributed by atoms with van der Waals surface area (Å²) in [5.74, 6) is -0.0915. The van der Waals surface area contributed by atoms with Gasteiger partial charge in [-0.25, -0.2) is 0 Å². The lowest BCUT2D eigenvalue weighted by Gasteiger charge is -2.21. The fourth-order valence-electron chi connectivity index (χ4n) is 2.11. The molecule has 1 aromatic rings. The van der Waals surface area contributed by atoms with Crippen LogP contribution in [0.3, 0.4) is 0 Å². The summed E-state index contributed by atoms with van der Waals surface area (Å²) in [7, 11) is 0. The Morgan fingerprint density at radius 2 is 1.61 bits per heavy atom. The Kier molecular flexibility index (Phi) is 8.26. The summed E-state index contributed by atoms with van der Waals surface area (Å²) >= 11 is 5.06. The molecule has 0 atom stereocenters. The van der Waals surface area contributed by atoms with Gasteiger partial charge in [0.25, 0.3) is 5.91 Å². The zero-order valence-electron chi connectivity index (χ0n) is 14.0. The maximum Gasteiger partial charge on any atom is 0.253 e. The van der Waals surface area contributed by atoms with Crippen molar-refractivity contribution in [1.29, 1.82) is 0 Å². The van der Waals surface area contributed by atoms with E-state index in [1.165, 1.54) is 0 Å². The molecule has 0 fully saturated rings. The van der Waals surface area contributed by atoms with E-state index in [1.54, 1.807) is 31.2 Å². The van der Waals surface area contributed by atoms with Gasteiger partial charge in [0, 0.05) is 30.8 Å². The van der Waals surface area contributed by atoms with Crippen molar-refractivity contribution in [3.63, 3.8) is 0 Å². The van der Waals surface area contributed by atoms with Crippen molar-refractivity contribution in [3.8, 4) is 0 Å². The number of hydrogen-bond acceptors (Lipinski definition) is 3. The van der Waals surface area contributed by atoms with Crippen molar-refractivity contribution in [2.24, 2.45) is 0 Å². The Morgan fingerprint density at radius 1 is 1.04 bits per heavy atom. The van der Waals surface area contributed by atoms with Gasteiger partial charge in [-0.1, -0.05) is 20.8 Å². The predicted octanol–water partition coefficient (Wildman–Crippen LogP) is 3.17. The van der Waals surface area contributed by atoms with E-state index in [4.69, 9.17) is 12.2 Å². The molecule has 0 bridgehead atoms. The van der Waals surface area contributed by atoms with Crippen LogP contribution in [0, 0.1) is 0 Å². The molecule has 1 rings (SSSR count). The molecule has 0 heterocycles. The highest BCUT2D eigenvalue weighted by Gasteiger charge is 2.14. The second kappa shape index (κ2) is 9.94. The lowest BCUT2D eigenvalue weighted by Crippen LogP contribution is -2.33. The number of nitrogens with zero attached hydrogens (tertiary/aromatic N) is 1. The van der Waals surface area contributed by atoms with Crippen LogP contribution in [-0.2, 0) is 4.79 Å². The molecular formula is C17H25N3O2S. The average Bonchev–Trinajstić information content (AvgIpc) is 2.54. The highest BCUT2D eigenvalue weighted by Crippen LogP contribution is 2.12. The molecule has 0 aliphatic rings. The first-order valence-electron chi connectivity index (χ1n) is 8.01. The zero-order chi connectivity index (χ0) is 17.2. The number of amides is 2. The van der Waals surface area contributed by atoms with E-state index in [9.17, 15) is 9.59 Å². The van der Waals surface area contributed by atoms with E-state index in [2.05, 4.69) is 24.5 Å². The molecule has 1 aromatic carbocycles. The number of thiocarbonyl (C=S) groups is 1. The summed E-state index contributed by atoms with van der Waals surface area (Å²) in [4.78, 5) is 25.6. The SMILES string of the molecule is CCCN(CCC)C(=O)c1ccc(NC(=S)NC(=O)CC)cc1. The molecular weight excluding hydrogens is 310 g/mol. The van der Waals surface area contributed by atoms with Gasteiger partial charge in [-0.2, -0.15) is 0 Å². The maximum atomic E-state index is 12.5. The smallest absolute Gasteiger partial charge is 0.253 e. The minimum atomic E-state index is -0.135. The van der Waals surface area contributed by atoms with Gasteiger partial charge >= 0.3 is 0 Å². The fourth-order valence-corrected chi connectivity index (χ4v) is 2.34. The van der Waals surface area contributed by atoms with Crippen LogP contribution in [0.1, 0.15) is 50.4 Å². The summed E-state index contributed by atoms with van der Waals surface area (Å²) in [6.45, 7) is 7.42. The van der Waals surface area contributed by atoms with Crippen molar-refractivity contribution >= 4 is 34.8 Å². The second-order valence-electron chi connectivity index (χ2n) is 5.23. The number of hydrogen-bond donors (Lipinski definition) is 2. The van der Waals surface area contributed by atoms with Crippen molar-refractivity contribution < 1.29 is 9.59 Å². The number of anilines is 1. The summed E-state index contributed by atoms with van der Waals surface area (Å²) in [5.41, 5.74) is 1.39. The first kappa shape index (κ1) is 19.1. The lowest BCUT2D eigenvalue weighted by atomic mass is 10.1. The van der Waals surface area contributed by atoms with Crippen LogP contribution in [0.15, 0.2) is 24.3 Å². The first-order chi connectivity index (χ1) is 11.0. The standard InChI is InChI=1S/C17H25N3O2S/c1-4-11-20(12-5-2)16(22)13-7-9-14(10-8-13)18-17(23)19-15(21)6-3/h7-10H,4-6,11-12H2,1-3H3,(H2,18,19,21,23). The topological polar surface area (TPSA) is 61.4 Å². The molecule has 0 aromatic heterocycles. The Bertz CT molecular complexity index is 537. The van der Waals surface area contributed by atoms with Crippen LogP contribution in [0.5, 0.6) is 0 Å². The zero-order valence-corrected chi connectivity index (χ0v) is 14.8. The summed E-state index contributed by atoms with van der Waals surface area (Å²) in [5, 5.41) is 5.76. The number of nitrogens with one attached hydrogen (secondary N) is 2. The molecule has 0 unspecified atom stereocenters. The Hall–Kier alpha value is -1.95. The van der Waals surface area contributed by atoms with Gasteiger partial charge in [0.2, 0.25) is 5.91 Å². The molecule has 23 heavy (non-hydrogen) atoms. The minimum absolute atomic E-state index is 0.0436. The molecule has 0 saturated carbocycles. The molecule has 126 valence electrons. The average molecular weight is 335 g/mol. The van der Waals surface area contributed by atoms with Crippen molar-refractivity contribution in [2.75, 3.05) is 18.4 Å². The van der Waals surface area contributed by atoms with Crippen LogP contribution in [0.4, 0.5) is 5.69 Å². The third-order valence-electron chi connectivity index (χ3n) is 3.24. The van der Waals surface area contributed by atoms with Gasteiger partial charge in [0.1, 0.15) is 0 Å². The molecule has 2 amide bonds. The summed E-state index contributed by atoms with van der Waals surface area (Å²) < 4.78 is 0. The third kappa shape index (κ3) is 6.36. The normalized spacial score (nSPS) is 10.0. The summed E-state index contributed by atoms with van der Waals surface area (Å²) in [6.07, 6.45) is 2.26. The van der Waals surface area contributed by atoms with E-state index in [0.29, 0.717) is 12.0 Å². The van der Waals surface area contributed by atoms with Crippen LogP contribution in [-0.4, -0.2) is 34.9 Å². The van der Waals surface area contributed by atoms with Gasteiger partial charge < -0.3 is 15.5 Å². The molecule has 0 radical (unpaired) electrons. The van der Waals surface area contributed by atoms with Gasteiger partial charge in [0.05, 0.1) is 0 Å². The van der Waals surface area contributed by atoms with E-state index in [-0.39, 0.29) is 16.9 Å². The number of carbonyl (C=O) groups is 2. The molecule has 0 aliphatic heterocycles. The van der Waals surface area contributed by atoms with Crippen LogP contribution in [0.2, 0.25) is 0 Å². The highest BCUT2D eigenvalue weighted by atomic mass is 32.1.